The maximum absolute atomic E-state index is 4.80. The minimum Gasteiger partial charge on any atom is -0.261 e. The summed E-state index contributed by atoms with van der Waals surface area (Å²) in [6, 6.07) is 36.5. The van der Waals surface area contributed by atoms with Crippen LogP contribution in [0.3, 0.4) is 0 Å². The molecule has 1 aliphatic carbocycles. The highest BCUT2D eigenvalue weighted by Crippen LogP contribution is 2.32. The third-order valence-corrected chi connectivity index (χ3v) is 6.40. The van der Waals surface area contributed by atoms with Gasteiger partial charge in [0, 0.05) is 27.3 Å². The van der Waals surface area contributed by atoms with E-state index in [-0.39, 0.29) is 0 Å². The number of nitrogens with one attached hydrogen (secondary N) is 2. The van der Waals surface area contributed by atoms with Crippen molar-refractivity contribution in [3.8, 4) is 0 Å². The quantitative estimate of drug-likeness (QED) is 0.289. The molecule has 6 nitrogen and oxygen atoms in total. The molecule has 7 rings (SSSR count). The van der Waals surface area contributed by atoms with E-state index in [2.05, 4.69) is 35.1 Å². The van der Waals surface area contributed by atoms with Gasteiger partial charge in [-0.2, -0.15) is 10.2 Å². The van der Waals surface area contributed by atoms with Crippen molar-refractivity contribution in [2.45, 2.75) is 0 Å². The van der Waals surface area contributed by atoms with Gasteiger partial charge in [0.25, 0.3) is 0 Å². The van der Waals surface area contributed by atoms with Gasteiger partial charge in [0.1, 0.15) is 23.1 Å². The van der Waals surface area contributed by atoms with Crippen molar-refractivity contribution in [3.05, 3.63) is 120 Å². The Labute approximate surface area is 207 Å². The lowest BCUT2D eigenvalue weighted by atomic mass is 10.1. The van der Waals surface area contributed by atoms with Crippen molar-refractivity contribution in [1.82, 2.24) is 9.97 Å². The number of pyridine rings is 2. The number of aromatic nitrogens is 2. The molecular weight excluding hydrogens is 444 g/mol. The second kappa shape index (κ2) is 8.29. The summed E-state index contributed by atoms with van der Waals surface area (Å²) in [7, 11) is 0. The molecule has 0 fully saturated rings. The van der Waals surface area contributed by atoms with E-state index in [9.17, 15) is 0 Å². The molecule has 6 heteroatoms. The molecule has 0 spiro atoms. The molecule has 2 N–H and O–H groups in total. The average Bonchev–Trinajstić information content (AvgIpc) is 3.24. The number of hydrogen-bond acceptors (Lipinski definition) is 6. The molecule has 36 heavy (non-hydrogen) atoms. The van der Waals surface area contributed by atoms with Crippen LogP contribution in [0.5, 0.6) is 0 Å². The van der Waals surface area contributed by atoms with Gasteiger partial charge in [-0.25, -0.2) is 9.97 Å². The first-order valence-electron chi connectivity index (χ1n) is 11.8. The van der Waals surface area contributed by atoms with E-state index in [4.69, 9.17) is 20.2 Å². The predicted octanol–water partition coefficient (Wildman–Crippen LogP) is 6.58. The Morgan fingerprint density at radius 2 is 0.917 bits per heavy atom. The van der Waals surface area contributed by atoms with Gasteiger partial charge in [-0.05, 0) is 41.8 Å². The van der Waals surface area contributed by atoms with Gasteiger partial charge in [0.15, 0.2) is 0 Å². The van der Waals surface area contributed by atoms with Crippen LogP contribution in [0.1, 0.15) is 11.1 Å². The Balaban J connectivity index is 1.30. The first-order valence-corrected chi connectivity index (χ1v) is 11.8. The molecule has 0 radical (unpaired) electrons. The minimum atomic E-state index is 0.674. The van der Waals surface area contributed by atoms with Crippen molar-refractivity contribution in [2.75, 3.05) is 10.9 Å². The maximum atomic E-state index is 4.80. The van der Waals surface area contributed by atoms with Crippen LogP contribution < -0.4 is 10.9 Å². The highest BCUT2D eigenvalue weighted by atomic mass is 15.3. The zero-order valence-corrected chi connectivity index (χ0v) is 19.2. The van der Waals surface area contributed by atoms with Gasteiger partial charge in [-0.1, -0.05) is 72.8 Å². The number of anilines is 2. The van der Waals surface area contributed by atoms with E-state index < -0.39 is 0 Å². The second-order valence-electron chi connectivity index (χ2n) is 8.63. The van der Waals surface area contributed by atoms with Crippen LogP contribution in [0.2, 0.25) is 0 Å². The number of para-hydroxylation sites is 2. The molecule has 2 heterocycles. The van der Waals surface area contributed by atoms with Crippen molar-refractivity contribution in [1.29, 1.82) is 0 Å². The van der Waals surface area contributed by atoms with Crippen LogP contribution in [0.15, 0.2) is 119 Å². The number of rotatable bonds is 4. The van der Waals surface area contributed by atoms with E-state index >= 15 is 0 Å². The zero-order valence-electron chi connectivity index (χ0n) is 19.2. The Bertz CT molecular complexity index is 1720. The standard InChI is InChI=1S/C30H20N6/c1-3-13-24-19(7-1)15-17-26(31-24)33-35-29-22-11-5-9-21-10-6-12-23(28(21)22)30(29)36-34-27-18-16-20-8-2-4-14-25(20)32-27/h1-18H,(H,31,33)(H,32,34). The van der Waals surface area contributed by atoms with Gasteiger partial charge >= 0.3 is 0 Å². The highest BCUT2D eigenvalue weighted by Gasteiger charge is 2.27. The molecule has 2 aromatic heterocycles. The summed E-state index contributed by atoms with van der Waals surface area (Å²) >= 11 is 0. The number of hydrazone groups is 2. The fraction of sp³-hybridized carbons (Fsp3) is 0. The molecule has 0 unspecified atom stereocenters. The van der Waals surface area contributed by atoms with E-state index in [1.54, 1.807) is 0 Å². The van der Waals surface area contributed by atoms with E-state index in [0.717, 1.165) is 55.1 Å². The summed E-state index contributed by atoms with van der Waals surface area (Å²) in [5, 5.41) is 14.1. The Morgan fingerprint density at radius 3 is 1.44 bits per heavy atom. The third-order valence-electron chi connectivity index (χ3n) is 6.40. The van der Waals surface area contributed by atoms with Gasteiger partial charge in [-0.15, -0.1) is 0 Å². The lowest BCUT2D eigenvalue weighted by molar-refractivity contribution is 1.25. The largest absolute Gasteiger partial charge is 0.261 e. The Morgan fingerprint density at radius 1 is 0.444 bits per heavy atom. The predicted molar refractivity (Wildman–Crippen MR) is 148 cm³/mol. The second-order valence-corrected chi connectivity index (χ2v) is 8.63. The molecule has 6 aromatic rings. The maximum Gasteiger partial charge on any atom is 0.146 e. The molecule has 0 aliphatic heterocycles. The van der Waals surface area contributed by atoms with E-state index in [1.807, 2.05) is 84.9 Å². The summed E-state index contributed by atoms with van der Waals surface area (Å²) in [6.45, 7) is 0. The van der Waals surface area contributed by atoms with Crippen LogP contribution >= 0.6 is 0 Å². The molecule has 0 amide bonds. The summed E-state index contributed by atoms with van der Waals surface area (Å²) in [4.78, 5) is 9.40. The molecule has 0 atom stereocenters. The fourth-order valence-electron chi connectivity index (χ4n) is 4.70. The first-order chi connectivity index (χ1) is 17.8. The zero-order chi connectivity index (χ0) is 23.9. The van der Waals surface area contributed by atoms with Crippen LogP contribution in [-0.2, 0) is 0 Å². The van der Waals surface area contributed by atoms with Crippen LogP contribution in [0.4, 0.5) is 11.6 Å². The number of nitrogens with zero attached hydrogens (tertiary/aromatic N) is 4. The monoisotopic (exact) mass is 464 g/mol. The van der Waals surface area contributed by atoms with Crippen molar-refractivity contribution >= 4 is 55.6 Å². The molecule has 0 saturated heterocycles. The van der Waals surface area contributed by atoms with E-state index in [1.165, 1.54) is 0 Å². The first kappa shape index (κ1) is 20.3. The number of benzene rings is 4. The minimum absolute atomic E-state index is 0.674. The van der Waals surface area contributed by atoms with Crippen LogP contribution in [-0.4, -0.2) is 21.4 Å². The van der Waals surface area contributed by atoms with Gasteiger partial charge in [0.05, 0.1) is 11.0 Å². The third kappa shape index (κ3) is 3.44. The summed E-state index contributed by atoms with van der Waals surface area (Å²) in [5.41, 5.74) is 11.7. The van der Waals surface area contributed by atoms with Crippen LogP contribution in [0.25, 0.3) is 32.6 Å². The fourth-order valence-corrected chi connectivity index (χ4v) is 4.70. The normalized spacial score (nSPS) is 14.8. The smallest absolute Gasteiger partial charge is 0.146 e. The van der Waals surface area contributed by atoms with Crippen molar-refractivity contribution < 1.29 is 0 Å². The van der Waals surface area contributed by atoms with Crippen molar-refractivity contribution in [3.63, 3.8) is 0 Å². The summed E-state index contributed by atoms with van der Waals surface area (Å²) < 4.78 is 0. The molecular formula is C30H20N6. The number of hydrogen-bond donors (Lipinski definition) is 2. The summed E-state index contributed by atoms with van der Waals surface area (Å²) in [6.07, 6.45) is 0. The van der Waals surface area contributed by atoms with Crippen molar-refractivity contribution in [2.24, 2.45) is 10.2 Å². The van der Waals surface area contributed by atoms with Gasteiger partial charge in [0.2, 0.25) is 0 Å². The summed E-state index contributed by atoms with van der Waals surface area (Å²) in [5.74, 6) is 1.35. The topological polar surface area (TPSA) is 74.6 Å². The average molecular weight is 465 g/mol. The molecule has 4 aromatic carbocycles. The SMILES string of the molecule is c1ccc2nc(NN=C3C(=NNc4ccc5ccccc5n4)c4cccc5cccc3c45)ccc2c1. The van der Waals surface area contributed by atoms with Gasteiger partial charge in [-0.3, -0.25) is 10.9 Å². The molecule has 1 aliphatic rings. The molecule has 0 saturated carbocycles. The van der Waals surface area contributed by atoms with E-state index in [0.29, 0.717) is 11.6 Å². The Kier molecular flexibility index (Phi) is 4.67. The highest BCUT2D eigenvalue weighted by molar-refractivity contribution is 6.61. The lowest BCUT2D eigenvalue weighted by Gasteiger charge is -2.07. The van der Waals surface area contributed by atoms with Gasteiger partial charge < -0.3 is 0 Å². The molecule has 0 bridgehead atoms. The van der Waals surface area contributed by atoms with Crippen LogP contribution in [0, 0.1) is 0 Å². The Hall–Kier alpha value is -5.10. The molecule has 170 valence electrons. The number of fused-ring (bicyclic) bond motifs is 2. The lowest BCUT2D eigenvalue weighted by Crippen LogP contribution is -2.15.